The number of ether oxygens (including phenoxy) is 1. The van der Waals surface area contributed by atoms with E-state index in [-0.39, 0.29) is 18.0 Å². The molecule has 0 radical (unpaired) electrons. The molecular formula is C15H17NO4S. The van der Waals surface area contributed by atoms with E-state index >= 15 is 0 Å². The fourth-order valence-electron chi connectivity index (χ4n) is 1.87. The Hall–Kier alpha value is -1.89. The molecule has 0 aromatic heterocycles. The molecule has 0 bridgehead atoms. The lowest BCUT2D eigenvalue weighted by atomic mass is 10.1. The Morgan fingerprint density at radius 2 is 1.81 bits per heavy atom. The van der Waals surface area contributed by atoms with E-state index in [0.717, 1.165) is 11.1 Å². The van der Waals surface area contributed by atoms with E-state index < -0.39 is 10.0 Å². The summed E-state index contributed by atoms with van der Waals surface area (Å²) in [4.78, 5) is 0.153. The molecule has 0 saturated carbocycles. The van der Waals surface area contributed by atoms with Gasteiger partial charge in [0.15, 0.2) is 0 Å². The van der Waals surface area contributed by atoms with Gasteiger partial charge in [-0.2, -0.15) is 0 Å². The molecule has 0 atom stereocenters. The lowest BCUT2D eigenvalue weighted by Gasteiger charge is -2.09. The molecule has 6 heteroatoms. The second-order valence-corrected chi connectivity index (χ2v) is 6.25. The van der Waals surface area contributed by atoms with Gasteiger partial charge in [0.25, 0.3) is 0 Å². The number of aliphatic hydroxyl groups is 1. The zero-order valence-corrected chi connectivity index (χ0v) is 12.4. The Morgan fingerprint density at radius 3 is 2.52 bits per heavy atom. The molecule has 0 aliphatic carbocycles. The maximum absolute atomic E-state index is 12.2. The van der Waals surface area contributed by atoms with Crippen LogP contribution in [0.1, 0.15) is 11.1 Å². The summed E-state index contributed by atoms with van der Waals surface area (Å²) in [5, 5.41) is 9.07. The number of sulfonamides is 1. The number of rotatable bonds is 6. The summed E-state index contributed by atoms with van der Waals surface area (Å²) < 4.78 is 32.0. The van der Waals surface area contributed by atoms with Gasteiger partial charge >= 0.3 is 0 Å². The van der Waals surface area contributed by atoms with Gasteiger partial charge in [-0.15, -0.1) is 0 Å². The predicted octanol–water partition coefficient (Wildman–Crippen LogP) is 1.67. The predicted molar refractivity (Wildman–Crippen MR) is 79.4 cm³/mol. The van der Waals surface area contributed by atoms with Gasteiger partial charge in [0.2, 0.25) is 10.0 Å². The Balaban J connectivity index is 2.13. The first-order chi connectivity index (χ1) is 10.0. The topological polar surface area (TPSA) is 75.6 Å². The second kappa shape index (κ2) is 6.71. The molecule has 112 valence electrons. The van der Waals surface area contributed by atoms with Crippen LogP contribution < -0.4 is 9.46 Å². The van der Waals surface area contributed by atoms with Crippen molar-refractivity contribution in [3.8, 4) is 5.75 Å². The smallest absolute Gasteiger partial charge is 0.241 e. The minimum atomic E-state index is -3.60. The van der Waals surface area contributed by atoms with Crippen LogP contribution in [0.2, 0.25) is 0 Å². The van der Waals surface area contributed by atoms with Crippen molar-refractivity contribution in [3.05, 3.63) is 59.7 Å². The molecule has 0 saturated heterocycles. The highest BCUT2D eigenvalue weighted by Crippen LogP contribution is 2.17. The van der Waals surface area contributed by atoms with Crippen LogP contribution in [0.5, 0.6) is 5.75 Å². The summed E-state index contributed by atoms with van der Waals surface area (Å²) in [5.74, 6) is 0.486. The number of nitrogens with one attached hydrogen (secondary N) is 1. The van der Waals surface area contributed by atoms with E-state index in [4.69, 9.17) is 9.84 Å². The van der Waals surface area contributed by atoms with Gasteiger partial charge in [-0.05, 0) is 23.3 Å². The minimum absolute atomic E-state index is 0.0729. The van der Waals surface area contributed by atoms with Crippen molar-refractivity contribution in [2.75, 3.05) is 7.11 Å². The molecule has 21 heavy (non-hydrogen) atoms. The Morgan fingerprint density at radius 1 is 1.10 bits per heavy atom. The first kappa shape index (κ1) is 15.5. The van der Waals surface area contributed by atoms with Gasteiger partial charge in [0.1, 0.15) is 5.75 Å². The maximum Gasteiger partial charge on any atom is 0.241 e. The van der Waals surface area contributed by atoms with Gasteiger partial charge in [0, 0.05) is 12.6 Å². The largest absolute Gasteiger partial charge is 0.497 e. The molecule has 0 aliphatic rings. The van der Waals surface area contributed by atoms with E-state index in [1.54, 1.807) is 36.4 Å². The molecule has 0 unspecified atom stereocenters. The summed E-state index contributed by atoms with van der Waals surface area (Å²) in [6.45, 7) is 0.0872. The first-order valence-corrected chi connectivity index (χ1v) is 7.86. The van der Waals surface area contributed by atoms with Gasteiger partial charge in [0.05, 0.1) is 18.6 Å². The quantitative estimate of drug-likeness (QED) is 0.851. The summed E-state index contributed by atoms with van der Waals surface area (Å²) in [6, 6.07) is 13.4. The number of aliphatic hydroxyl groups excluding tert-OH is 1. The molecule has 0 heterocycles. The molecule has 2 aromatic carbocycles. The number of methoxy groups -OCH3 is 1. The fourth-order valence-corrected chi connectivity index (χ4v) is 2.92. The molecule has 5 nitrogen and oxygen atoms in total. The Bertz CT molecular complexity index is 713. The zero-order chi connectivity index (χ0) is 15.3. The fraction of sp³-hybridized carbons (Fsp3) is 0.200. The highest BCUT2D eigenvalue weighted by molar-refractivity contribution is 7.89. The molecule has 2 rings (SSSR count). The summed E-state index contributed by atoms with van der Waals surface area (Å²) in [7, 11) is -2.12. The maximum atomic E-state index is 12.2. The summed E-state index contributed by atoms with van der Waals surface area (Å²) in [5.41, 5.74) is 1.53. The van der Waals surface area contributed by atoms with Gasteiger partial charge in [-0.25, -0.2) is 13.1 Å². The third-order valence-electron chi connectivity index (χ3n) is 2.99. The lowest BCUT2D eigenvalue weighted by Crippen LogP contribution is -2.23. The average Bonchev–Trinajstić information content (AvgIpc) is 2.53. The molecular weight excluding hydrogens is 290 g/mol. The highest BCUT2D eigenvalue weighted by atomic mass is 32.2. The number of benzene rings is 2. The molecule has 0 aliphatic heterocycles. The van der Waals surface area contributed by atoms with E-state index in [9.17, 15) is 8.42 Å². The van der Waals surface area contributed by atoms with E-state index in [1.807, 2.05) is 0 Å². The second-order valence-electron chi connectivity index (χ2n) is 4.48. The van der Waals surface area contributed by atoms with Crippen molar-refractivity contribution in [2.45, 2.75) is 18.0 Å². The van der Waals surface area contributed by atoms with Crippen molar-refractivity contribution in [1.29, 1.82) is 0 Å². The third kappa shape index (κ3) is 4.04. The average molecular weight is 307 g/mol. The van der Waals surface area contributed by atoms with Gasteiger partial charge in [-0.3, -0.25) is 0 Å². The lowest BCUT2D eigenvalue weighted by molar-refractivity contribution is 0.281. The third-order valence-corrected chi connectivity index (χ3v) is 4.39. The van der Waals surface area contributed by atoms with Crippen LogP contribution in [-0.2, 0) is 23.2 Å². The van der Waals surface area contributed by atoms with E-state index in [2.05, 4.69) is 4.72 Å². The van der Waals surface area contributed by atoms with Crippen molar-refractivity contribution in [3.63, 3.8) is 0 Å². The molecule has 2 aromatic rings. The zero-order valence-electron chi connectivity index (χ0n) is 11.6. The first-order valence-electron chi connectivity index (χ1n) is 6.37. The van der Waals surface area contributed by atoms with E-state index in [0.29, 0.717) is 5.75 Å². The normalized spacial score (nSPS) is 11.3. The summed E-state index contributed by atoms with van der Waals surface area (Å²) >= 11 is 0. The van der Waals surface area contributed by atoms with E-state index in [1.165, 1.54) is 19.2 Å². The van der Waals surface area contributed by atoms with Crippen LogP contribution >= 0.6 is 0 Å². The van der Waals surface area contributed by atoms with Crippen molar-refractivity contribution in [1.82, 2.24) is 4.72 Å². The monoisotopic (exact) mass is 307 g/mol. The Labute approximate surface area is 124 Å². The van der Waals surface area contributed by atoms with Crippen molar-refractivity contribution >= 4 is 10.0 Å². The number of hydrogen-bond acceptors (Lipinski definition) is 4. The van der Waals surface area contributed by atoms with Crippen LogP contribution in [0.25, 0.3) is 0 Å². The van der Waals surface area contributed by atoms with Crippen LogP contribution in [-0.4, -0.2) is 20.6 Å². The van der Waals surface area contributed by atoms with Crippen LogP contribution in [0.15, 0.2) is 53.4 Å². The Kier molecular flexibility index (Phi) is 4.95. The highest BCUT2D eigenvalue weighted by Gasteiger charge is 2.14. The minimum Gasteiger partial charge on any atom is -0.497 e. The molecule has 0 amide bonds. The van der Waals surface area contributed by atoms with Gasteiger partial charge < -0.3 is 9.84 Å². The SMILES string of the molecule is COc1cccc(S(=O)(=O)NCc2cccc(CO)c2)c1. The summed E-state index contributed by atoms with van der Waals surface area (Å²) in [6.07, 6.45) is 0. The van der Waals surface area contributed by atoms with Crippen LogP contribution in [0.4, 0.5) is 0 Å². The standard InChI is InChI=1S/C15H17NO4S/c1-20-14-6-3-7-15(9-14)21(18,19)16-10-12-4-2-5-13(8-12)11-17/h2-9,16-17H,10-11H2,1H3. The number of hydrogen-bond donors (Lipinski definition) is 2. The molecule has 0 spiro atoms. The van der Waals surface area contributed by atoms with Gasteiger partial charge in [-0.1, -0.05) is 30.3 Å². The van der Waals surface area contributed by atoms with Crippen LogP contribution in [0.3, 0.4) is 0 Å². The van der Waals surface area contributed by atoms with Crippen LogP contribution in [0, 0.1) is 0 Å². The van der Waals surface area contributed by atoms with Crippen molar-refractivity contribution in [2.24, 2.45) is 0 Å². The molecule has 2 N–H and O–H groups in total. The van der Waals surface area contributed by atoms with Crippen molar-refractivity contribution < 1.29 is 18.3 Å². The molecule has 0 fully saturated rings.